The van der Waals surface area contributed by atoms with Crippen LogP contribution in [0.3, 0.4) is 0 Å². The first kappa shape index (κ1) is 11.7. The van der Waals surface area contributed by atoms with Gasteiger partial charge in [-0.2, -0.15) is 0 Å². The van der Waals surface area contributed by atoms with Gasteiger partial charge in [-0.15, -0.1) is 0 Å². The van der Waals surface area contributed by atoms with E-state index < -0.39 is 0 Å². The van der Waals surface area contributed by atoms with E-state index in [2.05, 4.69) is 18.3 Å². The Hall–Kier alpha value is -1.35. The maximum Gasteiger partial charge on any atom is 0.254 e. The van der Waals surface area contributed by atoms with Crippen molar-refractivity contribution in [3.63, 3.8) is 0 Å². The third kappa shape index (κ3) is 1.93. The molecule has 1 aromatic carbocycles. The molecule has 2 atom stereocenters. The summed E-state index contributed by atoms with van der Waals surface area (Å²) in [4.78, 5) is 14.6. The van der Waals surface area contributed by atoms with Crippen molar-refractivity contribution >= 4 is 5.91 Å². The van der Waals surface area contributed by atoms with Gasteiger partial charge in [0.2, 0.25) is 0 Å². The van der Waals surface area contributed by atoms with Gasteiger partial charge < -0.3 is 10.2 Å². The molecular weight excluding hydrogens is 224 g/mol. The largest absolute Gasteiger partial charge is 0.338 e. The van der Waals surface area contributed by atoms with E-state index in [-0.39, 0.29) is 5.91 Å². The van der Waals surface area contributed by atoms with Gasteiger partial charge in [0, 0.05) is 31.7 Å². The van der Waals surface area contributed by atoms with E-state index in [0.717, 1.165) is 37.3 Å². The molecule has 0 aliphatic carbocycles. The van der Waals surface area contributed by atoms with Crippen LogP contribution >= 0.6 is 0 Å². The van der Waals surface area contributed by atoms with Crippen molar-refractivity contribution in [2.24, 2.45) is 11.8 Å². The van der Waals surface area contributed by atoms with Crippen LogP contribution in [0, 0.1) is 25.7 Å². The van der Waals surface area contributed by atoms with E-state index in [9.17, 15) is 4.79 Å². The molecule has 3 nitrogen and oxygen atoms in total. The summed E-state index contributed by atoms with van der Waals surface area (Å²) in [6.07, 6.45) is 0. The van der Waals surface area contributed by atoms with E-state index in [1.165, 1.54) is 5.56 Å². The van der Waals surface area contributed by atoms with Crippen molar-refractivity contribution in [2.75, 3.05) is 26.2 Å². The Bertz CT molecular complexity index is 471. The second kappa shape index (κ2) is 4.39. The summed E-state index contributed by atoms with van der Waals surface area (Å²) in [6, 6.07) is 6.09. The van der Waals surface area contributed by atoms with Gasteiger partial charge in [0.1, 0.15) is 0 Å². The van der Waals surface area contributed by atoms with Gasteiger partial charge in [0.15, 0.2) is 0 Å². The highest BCUT2D eigenvalue weighted by Gasteiger charge is 2.38. The molecule has 2 saturated heterocycles. The molecule has 1 aromatic rings. The summed E-state index contributed by atoms with van der Waals surface area (Å²) in [5.41, 5.74) is 3.18. The number of carbonyl (C=O) groups is 1. The lowest BCUT2D eigenvalue weighted by atomic mass is 10.0. The molecule has 1 amide bonds. The molecule has 18 heavy (non-hydrogen) atoms. The zero-order valence-electron chi connectivity index (χ0n) is 11.1. The zero-order valence-corrected chi connectivity index (χ0v) is 11.1. The van der Waals surface area contributed by atoms with Crippen molar-refractivity contribution in [1.82, 2.24) is 10.2 Å². The Balaban J connectivity index is 1.79. The van der Waals surface area contributed by atoms with Crippen molar-refractivity contribution in [3.05, 3.63) is 34.9 Å². The number of hydrogen-bond acceptors (Lipinski definition) is 2. The summed E-state index contributed by atoms with van der Waals surface area (Å²) >= 11 is 0. The van der Waals surface area contributed by atoms with Gasteiger partial charge in [-0.3, -0.25) is 4.79 Å². The highest BCUT2D eigenvalue weighted by molar-refractivity contribution is 5.95. The van der Waals surface area contributed by atoms with Crippen LogP contribution in [-0.4, -0.2) is 37.0 Å². The number of carbonyl (C=O) groups excluding carboxylic acids is 1. The van der Waals surface area contributed by atoms with Crippen LogP contribution in [0.15, 0.2) is 18.2 Å². The lowest BCUT2D eigenvalue weighted by Gasteiger charge is -2.19. The Kier molecular flexibility index (Phi) is 2.86. The molecule has 2 heterocycles. The topological polar surface area (TPSA) is 32.3 Å². The van der Waals surface area contributed by atoms with Gasteiger partial charge in [-0.25, -0.2) is 0 Å². The number of aryl methyl sites for hydroxylation is 2. The molecule has 2 unspecified atom stereocenters. The molecular formula is C15H20N2O. The molecule has 0 bridgehead atoms. The average Bonchev–Trinajstić information content (AvgIpc) is 2.87. The first-order chi connectivity index (χ1) is 8.65. The van der Waals surface area contributed by atoms with Crippen molar-refractivity contribution in [1.29, 1.82) is 0 Å². The smallest absolute Gasteiger partial charge is 0.254 e. The van der Waals surface area contributed by atoms with E-state index in [1.807, 2.05) is 24.0 Å². The number of fused-ring (bicyclic) bond motifs is 1. The second-order valence-electron chi connectivity index (χ2n) is 5.71. The molecule has 2 aliphatic rings. The van der Waals surface area contributed by atoms with Crippen LogP contribution in [0.1, 0.15) is 21.5 Å². The Labute approximate surface area is 108 Å². The van der Waals surface area contributed by atoms with E-state index in [4.69, 9.17) is 0 Å². The molecule has 0 spiro atoms. The number of amides is 1. The van der Waals surface area contributed by atoms with Crippen LogP contribution < -0.4 is 5.32 Å². The van der Waals surface area contributed by atoms with Crippen molar-refractivity contribution < 1.29 is 4.79 Å². The fraction of sp³-hybridized carbons (Fsp3) is 0.533. The van der Waals surface area contributed by atoms with E-state index in [0.29, 0.717) is 11.8 Å². The van der Waals surface area contributed by atoms with Crippen LogP contribution in [0.2, 0.25) is 0 Å². The van der Waals surface area contributed by atoms with Crippen LogP contribution in [0.5, 0.6) is 0 Å². The monoisotopic (exact) mass is 244 g/mol. The minimum atomic E-state index is 0.210. The summed E-state index contributed by atoms with van der Waals surface area (Å²) in [5, 5.41) is 3.40. The molecule has 2 aliphatic heterocycles. The SMILES string of the molecule is Cc1ccc(C(=O)N2CC3CNCC3C2)c(C)c1. The Morgan fingerprint density at radius 3 is 2.50 bits per heavy atom. The number of nitrogens with zero attached hydrogens (tertiary/aromatic N) is 1. The second-order valence-corrected chi connectivity index (χ2v) is 5.71. The molecule has 0 radical (unpaired) electrons. The number of benzene rings is 1. The number of nitrogens with one attached hydrogen (secondary N) is 1. The van der Waals surface area contributed by atoms with Gasteiger partial charge in [-0.05, 0) is 37.3 Å². The third-order valence-corrected chi connectivity index (χ3v) is 4.29. The average molecular weight is 244 g/mol. The quantitative estimate of drug-likeness (QED) is 0.813. The van der Waals surface area contributed by atoms with E-state index >= 15 is 0 Å². The predicted molar refractivity (Wildman–Crippen MR) is 71.7 cm³/mol. The molecule has 3 rings (SSSR count). The van der Waals surface area contributed by atoms with Crippen molar-refractivity contribution in [2.45, 2.75) is 13.8 Å². The fourth-order valence-corrected chi connectivity index (χ4v) is 3.25. The molecule has 0 aromatic heterocycles. The van der Waals surface area contributed by atoms with Gasteiger partial charge >= 0.3 is 0 Å². The maximum atomic E-state index is 12.5. The number of hydrogen-bond donors (Lipinski definition) is 1. The molecule has 3 heteroatoms. The number of rotatable bonds is 1. The molecule has 0 saturated carbocycles. The van der Waals surface area contributed by atoms with Gasteiger partial charge in [-0.1, -0.05) is 17.7 Å². The minimum Gasteiger partial charge on any atom is -0.338 e. The van der Waals surface area contributed by atoms with Gasteiger partial charge in [0.25, 0.3) is 5.91 Å². The zero-order chi connectivity index (χ0) is 12.7. The molecule has 2 fully saturated rings. The highest BCUT2D eigenvalue weighted by atomic mass is 16.2. The fourth-order valence-electron chi connectivity index (χ4n) is 3.25. The minimum absolute atomic E-state index is 0.210. The lowest BCUT2D eigenvalue weighted by molar-refractivity contribution is 0.0781. The summed E-state index contributed by atoms with van der Waals surface area (Å²) in [6.45, 7) is 8.07. The Morgan fingerprint density at radius 2 is 1.89 bits per heavy atom. The van der Waals surface area contributed by atoms with Crippen LogP contribution in [0.25, 0.3) is 0 Å². The lowest BCUT2D eigenvalue weighted by Crippen LogP contribution is -2.32. The van der Waals surface area contributed by atoms with Gasteiger partial charge in [0.05, 0.1) is 0 Å². The Morgan fingerprint density at radius 1 is 1.22 bits per heavy atom. The maximum absolute atomic E-state index is 12.5. The molecule has 1 N–H and O–H groups in total. The van der Waals surface area contributed by atoms with Crippen LogP contribution in [-0.2, 0) is 0 Å². The first-order valence-electron chi connectivity index (χ1n) is 6.72. The normalized spacial score (nSPS) is 26.4. The third-order valence-electron chi connectivity index (χ3n) is 4.29. The summed E-state index contributed by atoms with van der Waals surface area (Å²) in [7, 11) is 0. The predicted octanol–water partition coefficient (Wildman–Crippen LogP) is 1.59. The van der Waals surface area contributed by atoms with Crippen molar-refractivity contribution in [3.8, 4) is 0 Å². The standard InChI is InChI=1S/C15H20N2O/c1-10-3-4-14(11(2)5-10)15(18)17-8-12-6-16-7-13(12)9-17/h3-5,12-13,16H,6-9H2,1-2H3. The number of likely N-dealkylation sites (tertiary alicyclic amines) is 1. The summed E-state index contributed by atoms with van der Waals surface area (Å²) < 4.78 is 0. The first-order valence-corrected chi connectivity index (χ1v) is 6.72. The molecule has 96 valence electrons. The van der Waals surface area contributed by atoms with Crippen LogP contribution in [0.4, 0.5) is 0 Å². The van der Waals surface area contributed by atoms with E-state index in [1.54, 1.807) is 0 Å². The highest BCUT2D eigenvalue weighted by Crippen LogP contribution is 2.28. The summed E-state index contributed by atoms with van der Waals surface area (Å²) in [5.74, 6) is 1.54.